The number of amides is 1. The van der Waals surface area contributed by atoms with Gasteiger partial charge in [-0.25, -0.2) is 9.48 Å². The summed E-state index contributed by atoms with van der Waals surface area (Å²) in [5.74, 6) is 3.06. The molecule has 2 aromatic heterocycles. The lowest BCUT2D eigenvalue weighted by Crippen LogP contribution is -2.35. The highest BCUT2D eigenvalue weighted by Gasteiger charge is 2.23. The number of carbonyl (C=O) groups excluding carboxylic acids is 1. The molecule has 0 bridgehead atoms. The van der Waals surface area contributed by atoms with Crippen LogP contribution in [0.3, 0.4) is 0 Å². The fourth-order valence-corrected chi connectivity index (χ4v) is 3.71. The number of rotatable bonds is 7. The van der Waals surface area contributed by atoms with Crippen molar-refractivity contribution in [3.8, 4) is 0 Å². The molecule has 0 saturated heterocycles. The molecule has 1 aliphatic rings. The number of hydrogen-bond donors (Lipinski definition) is 1. The van der Waals surface area contributed by atoms with Crippen LogP contribution in [-0.2, 0) is 25.3 Å². The third-order valence-corrected chi connectivity index (χ3v) is 5.42. The van der Waals surface area contributed by atoms with Gasteiger partial charge in [-0.1, -0.05) is 13.8 Å². The Morgan fingerprint density at radius 2 is 2.22 bits per heavy atom. The Morgan fingerprint density at radius 3 is 2.96 bits per heavy atom. The number of carbonyl (C=O) groups is 1. The number of hydrogen-bond acceptors (Lipinski definition) is 5. The zero-order valence-corrected chi connectivity index (χ0v) is 17.1. The summed E-state index contributed by atoms with van der Waals surface area (Å²) in [5, 5.41) is 7.55. The van der Waals surface area contributed by atoms with Crippen LogP contribution >= 0.6 is 11.8 Å². The van der Waals surface area contributed by atoms with Crippen molar-refractivity contribution in [2.45, 2.75) is 64.4 Å². The molecule has 8 heteroatoms. The predicted octanol–water partition coefficient (Wildman–Crippen LogP) is 2.68. The maximum atomic E-state index is 12.6. The Morgan fingerprint density at radius 1 is 1.41 bits per heavy atom. The Hall–Kier alpha value is -1.96. The average molecular weight is 393 g/mol. The second-order valence-corrected chi connectivity index (χ2v) is 8.32. The molecule has 1 unspecified atom stereocenters. The third kappa shape index (κ3) is 4.86. The Kier molecular flexibility index (Phi) is 6.46. The molecule has 0 spiro atoms. The van der Waals surface area contributed by atoms with E-state index in [2.05, 4.69) is 24.3 Å². The Balaban J connectivity index is 1.59. The van der Waals surface area contributed by atoms with Gasteiger partial charge in [-0.15, -0.1) is 0 Å². The minimum absolute atomic E-state index is 0.0109. The van der Waals surface area contributed by atoms with E-state index in [1.54, 1.807) is 27.1 Å². The van der Waals surface area contributed by atoms with Crippen LogP contribution < -0.4 is 11.0 Å². The van der Waals surface area contributed by atoms with Gasteiger partial charge in [0.05, 0.1) is 5.75 Å². The molecular formula is C19H28N4O3S. The largest absolute Gasteiger partial charge is 0.455 e. The first-order chi connectivity index (χ1) is 13.0. The molecule has 3 rings (SSSR count). The van der Waals surface area contributed by atoms with Gasteiger partial charge in [0.25, 0.3) is 5.91 Å². The van der Waals surface area contributed by atoms with E-state index in [4.69, 9.17) is 4.42 Å². The zero-order valence-electron chi connectivity index (χ0n) is 16.2. The minimum atomic E-state index is -0.193. The summed E-state index contributed by atoms with van der Waals surface area (Å²) in [7, 11) is 0. The normalized spacial score (nSPS) is 17.0. The standard InChI is InChI=1S/C19H28N4O3S/c1-13(2)8-11-23-19(25)22-10-9-14(4-7-17(22)21-23)20-18(24)16-6-5-15(26-16)12-27-3/h5-6,13-14H,4,7-12H2,1-3H3,(H,20,24). The summed E-state index contributed by atoms with van der Waals surface area (Å²) >= 11 is 1.65. The number of thioether (sulfide) groups is 1. The third-order valence-electron chi connectivity index (χ3n) is 4.84. The molecule has 1 aliphatic heterocycles. The van der Waals surface area contributed by atoms with Gasteiger partial charge in [0.2, 0.25) is 0 Å². The molecule has 1 amide bonds. The number of aryl methyl sites for hydroxylation is 2. The van der Waals surface area contributed by atoms with Gasteiger partial charge in [0, 0.05) is 25.6 Å². The molecule has 0 radical (unpaired) electrons. The van der Waals surface area contributed by atoms with Crippen molar-refractivity contribution >= 4 is 17.7 Å². The predicted molar refractivity (Wildman–Crippen MR) is 106 cm³/mol. The van der Waals surface area contributed by atoms with Gasteiger partial charge in [0.1, 0.15) is 11.6 Å². The van der Waals surface area contributed by atoms with Gasteiger partial charge in [0.15, 0.2) is 5.76 Å². The van der Waals surface area contributed by atoms with E-state index < -0.39 is 0 Å². The lowest BCUT2D eigenvalue weighted by Gasteiger charge is -2.15. The molecule has 1 atom stereocenters. The summed E-state index contributed by atoms with van der Waals surface area (Å²) in [5.41, 5.74) is -0.0367. The molecule has 148 valence electrons. The van der Waals surface area contributed by atoms with Crippen LogP contribution in [0.5, 0.6) is 0 Å². The van der Waals surface area contributed by atoms with E-state index in [-0.39, 0.29) is 17.6 Å². The van der Waals surface area contributed by atoms with Crippen LogP contribution in [0.2, 0.25) is 0 Å². The van der Waals surface area contributed by atoms with Crippen molar-refractivity contribution in [3.63, 3.8) is 0 Å². The fraction of sp³-hybridized carbons (Fsp3) is 0.632. The van der Waals surface area contributed by atoms with Crippen molar-refractivity contribution in [1.29, 1.82) is 0 Å². The van der Waals surface area contributed by atoms with Crippen LogP contribution in [0, 0.1) is 5.92 Å². The summed E-state index contributed by atoms with van der Waals surface area (Å²) in [4.78, 5) is 25.0. The number of furan rings is 1. The van der Waals surface area contributed by atoms with E-state index in [1.807, 2.05) is 12.3 Å². The molecule has 3 heterocycles. The van der Waals surface area contributed by atoms with Crippen LogP contribution in [0.1, 0.15) is 55.2 Å². The van der Waals surface area contributed by atoms with E-state index in [1.165, 1.54) is 0 Å². The molecule has 1 N–H and O–H groups in total. The van der Waals surface area contributed by atoms with Crippen molar-refractivity contribution in [1.82, 2.24) is 19.7 Å². The quantitative estimate of drug-likeness (QED) is 0.783. The van der Waals surface area contributed by atoms with E-state index >= 15 is 0 Å². The van der Waals surface area contributed by atoms with Crippen LogP contribution in [-0.4, -0.2) is 32.6 Å². The lowest BCUT2D eigenvalue weighted by molar-refractivity contribution is 0.0903. The number of nitrogens with zero attached hydrogens (tertiary/aromatic N) is 3. The molecule has 0 fully saturated rings. The SMILES string of the molecule is CSCc1ccc(C(=O)NC2CCc3nn(CCC(C)C)c(=O)n3CC2)o1. The molecule has 2 aromatic rings. The smallest absolute Gasteiger partial charge is 0.345 e. The molecular weight excluding hydrogens is 364 g/mol. The highest BCUT2D eigenvalue weighted by atomic mass is 32.2. The van der Waals surface area contributed by atoms with Crippen molar-refractivity contribution < 1.29 is 9.21 Å². The van der Waals surface area contributed by atoms with E-state index in [0.29, 0.717) is 37.6 Å². The maximum Gasteiger partial charge on any atom is 0.345 e. The number of aromatic nitrogens is 3. The van der Waals surface area contributed by atoms with Crippen LogP contribution in [0.15, 0.2) is 21.3 Å². The second-order valence-electron chi connectivity index (χ2n) is 7.45. The van der Waals surface area contributed by atoms with E-state index in [9.17, 15) is 9.59 Å². The Bertz CT molecular complexity index is 836. The van der Waals surface area contributed by atoms with Gasteiger partial charge >= 0.3 is 5.69 Å². The van der Waals surface area contributed by atoms with E-state index in [0.717, 1.165) is 30.2 Å². The zero-order chi connectivity index (χ0) is 19.4. The second kappa shape index (κ2) is 8.82. The number of nitrogens with one attached hydrogen (secondary N) is 1. The highest BCUT2D eigenvalue weighted by molar-refractivity contribution is 7.97. The van der Waals surface area contributed by atoms with Gasteiger partial charge in [-0.05, 0) is 43.6 Å². The molecule has 0 aromatic carbocycles. The van der Waals surface area contributed by atoms with Gasteiger partial charge < -0.3 is 9.73 Å². The fourth-order valence-electron chi connectivity index (χ4n) is 3.27. The Labute approximate surface area is 163 Å². The molecule has 0 aliphatic carbocycles. The monoisotopic (exact) mass is 392 g/mol. The van der Waals surface area contributed by atoms with Gasteiger partial charge in [-0.3, -0.25) is 9.36 Å². The summed E-state index contributed by atoms with van der Waals surface area (Å²) in [6.45, 7) is 5.52. The maximum absolute atomic E-state index is 12.6. The van der Waals surface area contributed by atoms with Gasteiger partial charge in [-0.2, -0.15) is 16.9 Å². The van der Waals surface area contributed by atoms with Crippen molar-refractivity contribution in [2.75, 3.05) is 6.26 Å². The van der Waals surface area contributed by atoms with Crippen LogP contribution in [0.25, 0.3) is 0 Å². The summed E-state index contributed by atoms with van der Waals surface area (Å²) in [6, 6.07) is 3.57. The van der Waals surface area contributed by atoms with Crippen molar-refractivity contribution in [3.05, 3.63) is 40.0 Å². The van der Waals surface area contributed by atoms with Crippen molar-refractivity contribution in [2.24, 2.45) is 5.92 Å². The highest BCUT2D eigenvalue weighted by Crippen LogP contribution is 2.16. The minimum Gasteiger partial charge on any atom is -0.455 e. The first-order valence-electron chi connectivity index (χ1n) is 9.53. The molecule has 0 saturated carbocycles. The van der Waals surface area contributed by atoms with Crippen LogP contribution in [0.4, 0.5) is 0 Å². The molecule has 7 nitrogen and oxygen atoms in total. The first kappa shape index (κ1) is 19.8. The average Bonchev–Trinajstić information content (AvgIpc) is 3.15. The topological polar surface area (TPSA) is 82.1 Å². The molecule has 27 heavy (non-hydrogen) atoms. The number of fused-ring (bicyclic) bond motifs is 1. The summed E-state index contributed by atoms with van der Waals surface area (Å²) in [6.07, 6.45) is 5.10. The lowest BCUT2D eigenvalue weighted by atomic mass is 10.1. The summed E-state index contributed by atoms with van der Waals surface area (Å²) < 4.78 is 8.93. The first-order valence-corrected chi connectivity index (χ1v) is 10.9.